The molecule has 0 spiro atoms. The Balaban J connectivity index is 1.72. The second kappa shape index (κ2) is 7.24. The predicted molar refractivity (Wildman–Crippen MR) is 93.4 cm³/mol. The molecule has 0 amide bonds. The van der Waals surface area contributed by atoms with Gasteiger partial charge in [-0.2, -0.15) is 0 Å². The smallest absolute Gasteiger partial charge is 0.180 e. The monoisotopic (exact) mass is 331 g/mol. The summed E-state index contributed by atoms with van der Waals surface area (Å²) in [5.41, 5.74) is 3.44. The molecule has 23 heavy (non-hydrogen) atoms. The van der Waals surface area contributed by atoms with Crippen molar-refractivity contribution in [1.82, 2.24) is 5.32 Å². The van der Waals surface area contributed by atoms with E-state index < -0.39 is 0 Å². The van der Waals surface area contributed by atoms with Crippen molar-refractivity contribution in [3.05, 3.63) is 58.1 Å². The predicted octanol–water partition coefficient (Wildman–Crippen LogP) is 4.49. The quantitative estimate of drug-likeness (QED) is 0.811. The summed E-state index contributed by atoms with van der Waals surface area (Å²) in [6, 6.07) is 12.9. The third-order valence-electron chi connectivity index (χ3n) is 3.93. The van der Waals surface area contributed by atoms with Crippen LogP contribution in [0, 0.1) is 6.92 Å². The number of hydrogen-bond acceptors (Lipinski definition) is 3. The molecule has 0 atom stereocenters. The van der Waals surface area contributed by atoms with E-state index in [0.29, 0.717) is 29.2 Å². The Kier molecular flexibility index (Phi) is 5.09. The van der Waals surface area contributed by atoms with Crippen LogP contribution in [0.2, 0.25) is 5.02 Å². The molecule has 3 rings (SSSR count). The van der Waals surface area contributed by atoms with Crippen LogP contribution in [-0.2, 0) is 13.2 Å². The number of aryl methyl sites for hydroxylation is 1. The second-order valence-corrected chi connectivity index (χ2v) is 6.45. The van der Waals surface area contributed by atoms with Crippen LogP contribution in [0.25, 0.3) is 0 Å². The Bertz CT molecular complexity index is 683. The lowest BCUT2D eigenvalue weighted by atomic mass is 10.1. The molecule has 1 N–H and O–H groups in total. The third-order valence-corrected chi connectivity index (χ3v) is 4.21. The molecule has 0 radical (unpaired) electrons. The molecule has 0 heterocycles. The number of hydrogen-bond donors (Lipinski definition) is 1. The van der Waals surface area contributed by atoms with Gasteiger partial charge in [0.15, 0.2) is 11.5 Å². The molecule has 1 saturated carbocycles. The van der Waals surface area contributed by atoms with Gasteiger partial charge in [0.1, 0.15) is 6.61 Å². The topological polar surface area (TPSA) is 30.5 Å². The Labute approximate surface area is 142 Å². The number of nitrogens with one attached hydrogen (secondary N) is 1. The molecule has 0 unspecified atom stereocenters. The van der Waals surface area contributed by atoms with Crippen LogP contribution in [0.4, 0.5) is 0 Å². The lowest BCUT2D eigenvalue weighted by Crippen LogP contribution is -2.15. The van der Waals surface area contributed by atoms with Crippen molar-refractivity contribution in [2.75, 3.05) is 7.11 Å². The van der Waals surface area contributed by atoms with Crippen molar-refractivity contribution < 1.29 is 9.47 Å². The minimum Gasteiger partial charge on any atom is -0.493 e. The molecule has 122 valence electrons. The van der Waals surface area contributed by atoms with Crippen LogP contribution in [0.1, 0.15) is 29.5 Å². The average Bonchev–Trinajstić information content (AvgIpc) is 3.35. The first-order valence-corrected chi connectivity index (χ1v) is 8.31. The van der Waals surface area contributed by atoms with Gasteiger partial charge >= 0.3 is 0 Å². The van der Waals surface area contributed by atoms with Crippen molar-refractivity contribution in [2.24, 2.45) is 0 Å². The zero-order chi connectivity index (χ0) is 16.2. The molecule has 2 aromatic carbocycles. The maximum absolute atomic E-state index is 6.41. The van der Waals surface area contributed by atoms with Gasteiger partial charge in [-0.25, -0.2) is 0 Å². The molecular weight excluding hydrogens is 310 g/mol. The van der Waals surface area contributed by atoms with E-state index >= 15 is 0 Å². The number of rotatable bonds is 7. The molecule has 1 aliphatic rings. The number of halogens is 1. The molecule has 0 saturated heterocycles. The molecule has 1 fully saturated rings. The van der Waals surface area contributed by atoms with Crippen LogP contribution in [0.3, 0.4) is 0 Å². The van der Waals surface area contributed by atoms with Gasteiger partial charge in [0.05, 0.1) is 12.1 Å². The van der Waals surface area contributed by atoms with Crippen molar-refractivity contribution in [3.8, 4) is 11.5 Å². The zero-order valence-electron chi connectivity index (χ0n) is 13.6. The van der Waals surface area contributed by atoms with Crippen LogP contribution in [0.15, 0.2) is 36.4 Å². The average molecular weight is 332 g/mol. The van der Waals surface area contributed by atoms with Gasteiger partial charge in [0.2, 0.25) is 0 Å². The molecule has 0 bridgehead atoms. The van der Waals surface area contributed by atoms with E-state index in [1.807, 2.05) is 24.3 Å². The summed E-state index contributed by atoms with van der Waals surface area (Å²) < 4.78 is 11.4. The van der Waals surface area contributed by atoms with E-state index in [2.05, 4.69) is 24.4 Å². The molecule has 2 aromatic rings. The summed E-state index contributed by atoms with van der Waals surface area (Å²) in [6.45, 7) is 3.34. The molecular formula is C19H22ClNO2. The number of methoxy groups -OCH3 is 1. The lowest BCUT2D eigenvalue weighted by Gasteiger charge is -2.15. The third kappa shape index (κ3) is 4.40. The standard InChI is InChI=1S/C19H22ClNO2/c1-13-4-3-5-14(8-13)12-23-19-17(20)9-15(10-18(19)22-2)11-21-16-6-7-16/h3-5,8-10,16,21H,6-7,11-12H2,1-2H3. The fourth-order valence-corrected chi connectivity index (χ4v) is 2.81. The van der Waals surface area contributed by atoms with E-state index in [1.54, 1.807) is 7.11 Å². The maximum Gasteiger partial charge on any atom is 0.180 e. The highest BCUT2D eigenvalue weighted by Gasteiger charge is 2.20. The van der Waals surface area contributed by atoms with Gasteiger partial charge in [-0.1, -0.05) is 41.4 Å². The van der Waals surface area contributed by atoms with Crippen molar-refractivity contribution in [2.45, 2.75) is 39.0 Å². The molecule has 0 aromatic heterocycles. The Morgan fingerprint density at radius 3 is 2.70 bits per heavy atom. The molecule has 3 nitrogen and oxygen atoms in total. The van der Waals surface area contributed by atoms with Gasteiger partial charge in [-0.05, 0) is 43.0 Å². The molecule has 4 heteroatoms. The largest absolute Gasteiger partial charge is 0.493 e. The minimum absolute atomic E-state index is 0.470. The fourth-order valence-electron chi connectivity index (χ4n) is 2.52. The Morgan fingerprint density at radius 2 is 2.00 bits per heavy atom. The first kappa shape index (κ1) is 16.2. The summed E-state index contributed by atoms with van der Waals surface area (Å²) in [4.78, 5) is 0. The van der Waals surface area contributed by atoms with Crippen LogP contribution >= 0.6 is 11.6 Å². The first-order chi connectivity index (χ1) is 11.2. The normalized spacial score (nSPS) is 13.9. The Morgan fingerprint density at radius 1 is 1.17 bits per heavy atom. The number of ether oxygens (including phenoxy) is 2. The summed E-state index contributed by atoms with van der Waals surface area (Å²) in [5, 5.41) is 4.07. The van der Waals surface area contributed by atoms with Gasteiger partial charge < -0.3 is 14.8 Å². The Hall–Kier alpha value is -1.71. The van der Waals surface area contributed by atoms with Crippen LogP contribution in [0.5, 0.6) is 11.5 Å². The second-order valence-electron chi connectivity index (χ2n) is 6.04. The molecule has 1 aliphatic carbocycles. The minimum atomic E-state index is 0.470. The number of benzene rings is 2. The lowest BCUT2D eigenvalue weighted by molar-refractivity contribution is 0.284. The van der Waals surface area contributed by atoms with Crippen LogP contribution < -0.4 is 14.8 Å². The summed E-state index contributed by atoms with van der Waals surface area (Å²) in [7, 11) is 1.64. The maximum atomic E-state index is 6.41. The van der Waals surface area contributed by atoms with E-state index in [9.17, 15) is 0 Å². The SMILES string of the molecule is COc1cc(CNC2CC2)cc(Cl)c1OCc1cccc(C)c1. The summed E-state index contributed by atoms with van der Waals surface area (Å²) in [6.07, 6.45) is 2.53. The summed E-state index contributed by atoms with van der Waals surface area (Å²) in [5.74, 6) is 1.28. The van der Waals surface area contributed by atoms with Crippen molar-refractivity contribution in [3.63, 3.8) is 0 Å². The van der Waals surface area contributed by atoms with E-state index in [4.69, 9.17) is 21.1 Å². The first-order valence-electron chi connectivity index (χ1n) is 7.94. The van der Waals surface area contributed by atoms with E-state index in [0.717, 1.165) is 17.7 Å². The van der Waals surface area contributed by atoms with Crippen LogP contribution in [-0.4, -0.2) is 13.2 Å². The highest BCUT2D eigenvalue weighted by Crippen LogP contribution is 2.37. The highest BCUT2D eigenvalue weighted by molar-refractivity contribution is 6.32. The zero-order valence-corrected chi connectivity index (χ0v) is 14.3. The van der Waals surface area contributed by atoms with Crippen molar-refractivity contribution >= 4 is 11.6 Å². The van der Waals surface area contributed by atoms with Gasteiger partial charge in [0.25, 0.3) is 0 Å². The van der Waals surface area contributed by atoms with E-state index in [1.165, 1.54) is 18.4 Å². The van der Waals surface area contributed by atoms with Crippen molar-refractivity contribution in [1.29, 1.82) is 0 Å². The highest BCUT2D eigenvalue weighted by atomic mass is 35.5. The van der Waals surface area contributed by atoms with Gasteiger partial charge in [0, 0.05) is 12.6 Å². The van der Waals surface area contributed by atoms with E-state index in [-0.39, 0.29) is 0 Å². The molecule has 0 aliphatic heterocycles. The summed E-state index contributed by atoms with van der Waals surface area (Å²) >= 11 is 6.41. The van der Waals surface area contributed by atoms with Gasteiger partial charge in [-0.15, -0.1) is 0 Å². The fraction of sp³-hybridized carbons (Fsp3) is 0.368. The van der Waals surface area contributed by atoms with Gasteiger partial charge in [-0.3, -0.25) is 0 Å².